The molecule has 3 heteroatoms. The van der Waals surface area contributed by atoms with Crippen LogP contribution >= 0.6 is 0 Å². The molecule has 0 unspecified atom stereocenters. The van der Waals surface area contributed by atoms with E-state index in [0.717, 1.165) is 29.8 Å². The molecule has 116 valence electrons. The highest BCUT2D eigenvalue weighted by Gasteiger charge is 2.30. The van der Waals surface area contributed by atoms with Gasteiger partial charge in [0, 0.05) is 12.1 Å². The lowest BCUT2D eigenvalue weighted by Crippen LogP contribution is -2.33. The van der Waals surface area contributed by atoms with E-state index in [1.165, 1.54) is 0 Å². The van der Waals surface area contributed by atoms with Crippen molar-refractivity contribution in [1.82, 2.24) is 4.90 Å². The van der Waals surface area contributed by atoms with Crippen molar-refractivity contribution in [1.29, 1.82) is 0 Å². The molecule has 0 saturated heterocycles. The van der Waals surface area contributed by atoms with Crippen LogP contribution in [0.1, 0.15) is 30.9 Å². The summed E-state index contributed by atoms with van der Waals surface area (Å²) >= 11 is 0. The molecule has 0 spiro atoms. The zero-order valence-electron chi connectivity index (χ0n) is 13.3. The molecular weight excluding hydrogens is 284 g/mol. The van der Waals surface area contributed by atoms with E-state index in [-0.39, 0.29) is 5.91 Å². The third-order valence-corrected chi connectivity index (χ3v) is 3.82. The number of amidine groups is 1. The van der Waals surface area contributed by atoms with Gasteiger partial charge < -0.3 is 0 Å². The fourth-order valence-corrected chi connectivity index (χ4v) is 2.59. The van der Waals surface area contributed by atoms with Crippen LogP contribution in [0.3, 0.4) is 0 Å². The van der Waals surface area contributed by atoms with Crippen molar-refractivity contribution in [3.8, 4) is 0 Å². The number of amides is 1. The van der Waals surface area contributed by atoms with Gasteiger partial charge in [-0.15, -0.1) is 0 Å². The van der Waals surface area contributed by atoms with E-state index in [0.29, 0.717) is 12.2 Å². The van der Waals surface area contributed by atoms with Crippen LogP contribution in [0.25, 0.3) is 6.08 Å². The monoisotopic (exact) mass is 304 g/mol. The first-order valence-electron chi connectivity index (χ1n) is 8.02. The fourth-order valence-electron chi connectivity index (χ4n) is 2.59. The number of hydrogen-bond donors (Lipinski definition) is 0. The van der Waals surface area contributed by atoms with Crippen molar-refractivity contribution in [2.45, 2.75) is 19.8 Å². The Hall–Kier alpha value is -2.68. The van der Waals surface area contributed by atoms with Gasteiger partial charge in [-0.05, 0) is 18.1 Å². The summed E-state index contributed by atoms with van der Waals surface area (Å²) in [6.07, 6.45) is 3.87. The predicted molar refractivity (Wildman–Crippen MR) is 94.0 cm³/mol. The maximum absolute atomic E-state index is 12.7. The Morgan fingerprint density at radius 2 is 1.65 bits per heavy atom. The SMILES string of the molecule is CCCCN1C(=O)C(=Cc2ccccc2)N=C1c1ccccc1. The molecule has 0 aliphatic carbocycles. The van der Waals surface area contributed by atoms with E-state index in [4.69, 9.17) is 0 Å². The van der Waals surface area contributed by atoms with Gasteiger partial charge in [-0.3, -0.25) is 9.69 Å². The summed E-state index contributed by atoms with van der Waals surface area (Å²) in [7, 11) is 0. The highest BCUT2D eigenvalue weighted by atomic mass is 16.2. The smallest absolute Gasteiger partial charge is 0.278 e. The highest BCUT2D eigenvalue weighted by molar-refractivity contribution is 6.19. The van der Waals surface area contributed by atoms with Crippen LogP contribution in [0.2, 0.25) is 0 Å². The van der Waals surface area contributed by atoms with Crippen LogP contribution in [0.5, 0.6) is 0 Å². The molecule has 0 radical (unpaired) electrons. The van der Waals surface area contributed by atoms with Crippen molar-refractivity contribution in [3.63, 3.8) is 0 Å². The van der Waals surface area contributed by atoms with Crippen LogP contribution in [0.4, 0.5) is 0 Å². The lowest BCUT2D eigenvalue weighted by molar-refractivity contribution is -0.122. The molecule has 0 aromatic heterocycles. The second kappa shape index (κ2) is 7.05. The molecule has 3 nitrogen and oxygen atoms in total. The Labute approximate surface area is 137 Å². The molecule has 1 aliphatic rings. The van der Waals surface area contributed by atoms with Gasteiger partial charge in [0.25, 0.3) is 5.91 Å². The van der Waals surface area contributed by atoms with E-state index in [1.54, 1.807) is 4.90 Å². The molecule has 1 heterocycles. The third-order valence-electron chi connectivity index (χ3n) is 3.82. The molecule has 0 N–H and O–H groups in total. The zero-order chi connectivity index (χ0) is 16.1. The molecule has 0 atom stereocenters. The summed E-state index contributed by atoms with van der Waals surface area (Å²) in [4.78, 5) is 19.2. The molecule has 1 aliphatic heterocycles. The van der Waals surface area contributed by atoms with Gasteiger partial charge in [0.05, 0.1) is 0 Å². The topological polar surface area (TPSA) is 32.7 Å². The molecular formula is C20H20N2O. The number of carbonyl (C=O) groups excluding carboxylic acids is 1. The minimum Gasteiger partial charge on any atom is -0.291 e. The Kier molecular flexibility index (Phi) is 4.67. The number of hydrogen-bond acceptors (Lipinski definition) is 2. The Morgan fingerprint density at radius 3 is 2.30 bits per heavy atom. The van der Waals surface area contributed by atoms with Crippen LogP contribution in [-0.4, -0.2) is 23.2 Å². The lowest BCUT2D eigenvalue weighted by atomic mass is 10.2. The molecule has 23 heavy (non-hydrogen) atoms. The van der Waals surface area contributed by atoms with Gasteiger partial charge in [0.15, 0.2) is 0 Å². The van der Waals surface area contributed by atoms with Gasteiger partial charge in [-0.1, -0.05) is 74.0 Å². The highest BCUT2D eigenvalue weighted by Crippen LogP contribution is 2.22. The zero-order valence-corrected chi connectivity index (χ0v) is 13.3. The summed E-state index contributed by atoms with van der Waals surface area (Å²) < 4.78 is 0. The summed E-state index contributed by atoms with van der Waals surface area (Å²) in [6.45, 7) is 2.83. The van der Waals surface area contributed by atoms with Crippen molar-refractivity contribution >= 4 is 17.8 Å². The summed E-state index contributed by atoms with van der Waals surface area (Å²) in [5, 5.41) is 0. The maximum atomic E-state index is 12.7. The van der Waals surface area contributed by atoms with Gasteiger partial charge in [0.2, 0.25) is 0 Å². The van der Waals surface area contributed by atoms with Crippen LogP contribution in [-0.2, 0) is 4.79 Å². The van der Waals surface area contributed by atoms with Gasteiger partial charge in [-0.25, -0.2) is 4.99 Å². The van der Waals surface area contributed by atoms with E-state index in [2.05, 4.69) is 11.9 Å². The average Bonchev–Trinajstić information content (AvgIpc) is 2.91. The molecule has 0 saturated carbocycles. The summed E-state index contributed by atoms with van der Waals surface area (Å²) in [6, 6.07) is 19.7. The number of unbranched alkanes of at least 4 members (excludes halogenated alkanes) is 1. The number of nitrogens with zero attached hydrogens (tertiary/aromatic N) is 2. The Bertz CT molecular complexity index is 733. The van der Waals surface area contributed by atoms with Crippen molar-refractivity contribution in [2.24, 2.45) is 4.99 Å². The van der Waals surface area contributed by atoms with E-state index >= 15 is 0 Å². The van der Waals surface area contributed by atoms with Crippen molar-refractivity contribution in [2.75, 3.05) is 6.54 Å². The lowest BCUT2D eigenvalue weighted by Gasteiger charge is -2.17. The minimum absolute atomic E-state index is 0.0128. The number of carbonyl (C=O) groups is 1. The quantitative estimate of drug-likeness (QED) is 0.765. The molecule has 2 aromatic rings. The maximum Gasteiger partial charge on any atom is 0.278 e. The van der Waals surface area contributed by atoms with E-state index in [9.17, 15) is 4.79 Å². The average molecular weight is 304 g/mol. The second-order valence-corrected chi connectivity index (χ2v) is 5.55. The van der Waals surface area contributed by atoms with E-state index in [1.807, 2.05) is 66.7 Å². The fraction of sp³-hybridized carbons (Fsp3) is 0.200. The van der Waals surface area contributed by atoms with Crippen LogP contribution < -0.4 is 0 Å². The first kappa shape index (κ1) is 15.2. The number of rotatable bonds is 5. The largest absolute Gasteiger partial charge is 0.291 e. The van der Waals surface area contributed by atoms with Gasteiger partial charge >= 0.3 is 0 Å². The van der Waals surface area contributed by atoms with Crippen molar-refractivity contribution in [3.05, 3.63) is 77.5 Å². The molecule has 0 fully saturated rings. The molecule has 0 bridgehead atoms. The summed E-state index contributed by atoms with van der Waals surface area (Å²) in [5.74, 6) is 0.743. The normalized spacial score (nSPS) is 16.0. The molecule has 1 amide bonds. The second-order valence-electron chi connectivity index (χ2n) is 5.55. The summed E-state index contributed by atoms with van der Waals surface area (Å²) in [5.41, 5.74) is 2.48. The van der Waals surface area contributed by atoms with Crippen LogP contribution in [0.15, 0.2) is 71.4 Å². The van der Waals surface area contributed by atoms with Crippen LogP contribution in [0, 0.1) is 0 Å². The van der Waals surface area contributed by atoms with Crippen molar-refractivity contribution < 1.29 is 4.79 Å². The predicted octanol–water partition coefficient (Wildman–Crippen LogP) is 4.12. The molecule has 2 aromatic carbocycles. The first-order chi connectivity index (χ1) is 11.3. The standard InChI is InChI=1S/C20H20N2O/c1-2-3-14-22-19(17-12-8-5-9-13-17)21-18(20(22)23)15-16-10-6-4-7-11-16/h4-13,15H,2-3,14H2,1H3. The minimum atomic E-state index is -0.0128. The number of benzene rings is 2. The van der Waals surface area contributed by atoms with Gasteiger partial charge in [0.1, 0.15) is 11.5 Å². The third kappa shape index (κ3) is 3.39. The molecule has 3 rings (SSSR count). The Morgan fingerprint density at radius 1 is 1.00 bits per heavy atom. The first-order valence-corrected chi connectivity index (χ1v) is 8.02. The Balaban J connectivity index is 1.97. The van der Waals surface area contributed by atoms with Gasteiger partial charge in [-0.2, -0.15) is 0 Å². The number of aliphatic imine (C=N–C) groups is 1. The van der Waals surface area contributed by atoms with E-state index < -0.39 is 0 Å².